The van der Waals surface area contributed by atoms with Crippen LogP contribution in [0, 0.1) is 0 Å². The van der Waals surface area contributed by atoms with E-state index in [0.29, 0.717) is 0 Å². The van der Waals surface area contributed by atoms with Gasteiger partial charge >= 0.3 is 0 Å². The van der Waals surface area contributed by atoms with Crippen molar-refractivity contribution in [3.63, 3.8) is 0 Å². The van der Waals surface area contributed by atoms with Gasteiger partial charge in [0.25, 0.3) is 0 Å². The number of aromatic nitrogens is 2. The van der Waals surface area contributed by atoms with Gasteiger partial charge in [-0.1, -0.05) is 141 Å². The van der Waals surface area contributed by atoms with Gasteiger partial charge in [0.2, 0.25) is 0 Å². The fraction of sp³-hybridized carbons (Fsp3) is 0.0612. The van der Waals surface area contributed by atoms with Crippen molar-refractivity contribution in [3.05, 3.63) is 199 Å². The highest BCUT2D eigenvalue weighted by atomic mass is 32.1. The molecular weight excluding hydrogens is 691 g/mol. The van der Waals surface area contributed by atoms with Crippen molar-refractivity contribution >= 4 is 77.5 Å². The van der Waals surface area contributed by atoms with Crippen molar-refractivity contribution in [1.82, 2.24) is 9.97 Å². The Hall–Kier alpha value is -6.14. The van der Waals surface area contributed by atoms with E-state index in [4.69, 9.17) is 9.97 Å². The molecule has 0 saturated heterocycles. The summed E-state index contributed by atoms with van der Waals surface area (Å²) in [5.74, 6) is 0.912. The third kappa shape index (κ3) is 4.93. The van der Waals surface area contributed by atoms with Gasteiger partial charge in [-0.15, -0.1) is 11.3 Å². The van der Waals surface area contributed by atoms with Crippen LogP contribution in [-0.4, -0.2) is 18.0 Å². The summed E-state index contributed by atoms with van der Waals surface area (Å²) >= 11 is 1.88. The highest BCUT2D eigenvalue weighted by Gasteiger charge is 2.45. The van der Waals surface area contributed by atoms with Gasteiger partial charge in [-0.2, -0.15) is 0 Å². The average molecular weight is 728 g/mol. The summed E-state index contributed by atoms with van der Waals surface area (Å²) < 4.78 is 2.63. The van der Waals surface area contributed by atoms with Gasteiger partial charge in [-0.05, 0) is 80.4 Å². The number of benzene rings is 6. The smallest absolute Gasteiger partial charge is 0.179 e. The molecule has 3 aromatic heterocycles. The molecule has 0 spiro atoms. The summed E-state index contributed by atoms with van der Waals surface area (Å²) in [6.07, 6.45) is 3.79. The molecule has 5 heteroatoms. The summed E-state index contributed by atoms with van der Waals surface area (Å²) in [5, 5.41) is 7.96. The van der Waals surface area contributed by atoms with Crippen molar-refractivity contribution in [2.75, 3.05) is 4.90 Å². The Kier molecular flexibility index (Phi) is 7.68. The van der Waals surface area contributed by atoms with Gasteiger partial charge in [0, 0.05) is 43.5 Å². The molecule has 0 amide bonds. The molecule has 0 aliphatic carbocycles. The minimum atomic E-state index is -2.93. The van der Waals surface area contributed by atoms with Gasteiger partial charge in [0.05, 0.1) is 17.1 Å². The zero-order chi connectivity index (χ0) is 36.3. The standard InChI is InChI=1S/C49H37N3SSi/c1-49(2)40-27-26-38(33-43(40)52(46-25-12-14-31-51-46)42-28-29-45-47(48(42)49)39-22-9-10-24-44(39)53-45)54(35-17-5-3-6-18-35,36-19-7-4-8-20-36)37-21-15-16-34(32-37)41-23-11-13-30-50-41/h3-33H,1-2H3. The molecule has 4 heterocycles. The number of pyridine rings is 2. The summed E-state index contributed by atoms with van der Waals surface area (Å²) in [5.41, 5.74) is 6.79. The second-order valence-electron chi connectivity index (χ2n) is 14.6. The highest BCUT2D eigenvalue weighted by molar-refractivity contribution is 7.25. The molecule has 0 saturated carbocycles. The fourth-order valence-electron chi connectivity index (χ4n) is 8.92. The van der Waals surface area contributed by atoms with Gasteiger partial charge in [-0.3, -0.25) is 9.88 Å². The second kappa shape index (κ2) is 12.8. The molecule has 0 unspecified atom stereocenters. The van der Waals surface area contributed by atoms with E-state index in [1.165, 1.54) is 63.4 Å². The first kappa shape index (κ1) is 32.5. The predicted molar refractivity (Wildman–Crippen MR) is 231 cm³/mol. The van der Waals surface area contributed by atoms with Crippen LogP contribution in [0.2, 0.25) is 0 Å². The lowest BCUT2D eigenvalue weighted by atomic mass is 9.72. The topological polar surface area (TPSA) is 29.0 Å². The van der Waals surface area contributed by atoms with Gasteiger partial charge in [-0.25, -0.2) is 4.98 Å². The minimum Gasteiger partial charge on any atom is -0.294 e. The van der Waals surface area contributed by atoms with Crippen LogP contribution in [0.5, 0.6) is 0 Å². The minimum absolute atomic E-state index is 0.291. The first-order valence-corrected chi connectivity index (χ1v) is 21.3. The van der Waals surface area contributed by atoms with Crippen molar-refractivity contribution < 1.29 is 0 Å². The monoisotopic (exact) mass is 727 g/mol. The van der Waals surface area contributed by atoms with E-state index in [1.54, 1.807) is 0 Å². The Morgan fingerprint density at radius 2 is 1.19 bits per heavy atom. The molecule has 3 nitrogen and oxygen atoms in total. The maximum absolute atomic E-state index is 5.02. The summed E-state index contributed by atoms with van der Waals surface area (Å²) in [6.45, 7) is 4.81. The molecule has 0 N–H and O–H groups in total. The van der Waals surface area contributed by atoms with Crippen LogP contribution < -0.4 is 25.6 Å². The highest BCUT2D eigenvalue weighted by Crippen LogP contribution is 2.55. The Morgan fingerprint density at radius 1 is 0.519 bits per heavy atom. The fourth-order valence-corrected chi connectivity index (χ4v) is 14.8. The van der Waals surface area contributed by atoms with E-state index >= 15 is 0 Å². The van der Waals surface area contributed by atoms with E-state index in [2.05, 4.69) is 183 Å². The van der Waals surface area contributed by atoms with Gasteiger partial charge in [0.15, 0.2) is 8.07 Å². The van der Waals surface area contributed by atoms with Crippen LogP contribution in [0.25, 0.3) is 31.4 Å². The largest absolute Gasteiger partial charge is 0.294 e. The van der Waals surface area contributed by atoms with Crippen LogP contribution in [0.4, 0.5) is 17.2 Å². The lowest BCUT2D eigenvalue weighted by Crippen LogP contribution is -2.74. The quantitative estimate of drug-likeness (QED) is 0.126. The second-order valence-corrected chi connectivity index (χ2v) is 19.5. The Balaban J connectivity index is 1.30. The summed E-state index contributed by atoms with van der Waals surface area (Å²) in [4.78, 5) is 12.2. The van der Waals surface area contributed by atoms with Crippen molar-refractivity contribution in [1.29, 1.82) is 0 Å². The molecular formula is C49H37N3SSi. The van der Waals surface area contributed by atoms with Crippen LogP contribution in [0.15, 0.2) is 188 Å². The van der Waals surface area contributed by atoms with Crippen LogP contribution >= 0.6 is 11.3 Å². The SMILES string of the molecule is CC1(C)c2ccc([Si](c3ccccc3)(c3ccccc3)c3cccc(-c4ccccn4)c3)cc2N(c2ccccn2)c2ccc3sc4ccccc4c3c21. The Labute approximate surface area is 320 Å². The normalized spacial score (nSPS) is 13.5. The zero-order valence-electron chi connectivity index (χ0n) is 30.1. The van der Waals surface area contributed by atoms with E-state index in [9.17, 15) is 0 Å². The molecule has 0 radical (unpaired) electrons. The number of anilines is 3. The third-order valence-corrected chi connectivity index (χ3v) is 17.2. The molecule has 258 valence electrons. The third-order valence-electron chi connectivity index (χ3n) is 11.3. The predicted octanol–water partition coefficient (Wildman–Crippen LogP) is 10.00. The number of nitrogens with zero attached hydrogens (tertiary/aromatic N) is 3. The van der Waals surface area contributed by atoms with Crippen molar-refractivity contribution in [2.45, 2.75) is 19.3 Å². The summed E-state index contributed by atoms with van der Waals surface area (Å²) in [6, 6.07) is 64.7. The first-order valence-electron chi connectivity index (χ1n) is 18.5. The molecule has 10 rings (SSSR count). The molecule has 1 aliphatic heterocycles. The van der Waals surface area contributed by atoms with Crippen LogP contribution in [0.1, 0.15) is 25.0 Å². The number of thiophene rings is 1. The maximum Gasteiger partial charge on any atom is 0.179 e. The lowest BCUT2D eigenvalue weighted by Gasteiger charge is -2.43. The van der Waals surface area contributed by atoms with Crippen molar-refractivity contribution in [3.8, 4) is 11.3 Å². The lowest BCUT2D eigenvalue weighted by molar-refractivity contribution is 0.638. The number of fused-ring (bicyclic) bond motifs is 6. The molecule has 9 aromatic rings. The Bertz CT molecular complexity index is 2760. The zero-order valence-corrected chi connectivity index (χ0v) is 32.0. The maximum atomic E-state index is 5.02. The Morgan fingerprint density at radius 3 is 1.91 bits per heavy atom. The molecule has 1 aliphatic rings. The van der Waals surface area contributed by atoms with E-state index in [1.807, 2.05) is 35.9 Å². The number of rotatable bonds is 6. The van der Waals surface area contributed by atoms with E-state index < -0.39 is 8.07 Å². The van der Waals surface area contributed by atoms with Crippen LogP contribution in [-0.2, 0) is 5.41 Å². The molecule has 6 aromatic carbocycles. The average Bonchev–Trinajstić information content (AvgIpc) is 3.61. The molecule has 0 fully saturated rings. The van der Waals surface area contributed by atoms with Gasteiger partial charge in [0.1, 0.15) is 5.82 Å². The molecule has 0 atom stereocenters. The number of hydrogen-bond donors (Lipinski definition) is 0. The van der Waals surface area contributed by atoms with E-state index in [0.717, 1.165) is 17.1 Å². The van der Waals surface area contributed by atoms with Crippen LogP contribution in [0.3, 0.4) is 0 Å². The number of hydrogen-bond acceptors (Lipinski definition) is 4. The molecule has 54 heavy (non-hydrogen) atoms. The molecule has 0 bridgehead atoms. The summed E-state index contributed by atoms with van der Waals surface area (Å²) in [7, 11) is -2.93. The first-order chi connectivity index (χ1) is 26.5. The van der Waals surface area contributed by atoms with Gasteiger partial charge < -0.3 is 0 Å². The van der Waals surface area contributed by atoms with Crippen molar-refractivity contribution in [2.24, 2.45) is 0 Å². The van der Waals surface area contributed by atoms with E-state index in [-0.39, 0.29) is 5.41 Å².